The number of aliphatic hydroxyl groups is 1. The average molecular weight is 1480 g/mol. The summed E-state index contributed by atoms with van der Waals surface area (Å²) in [5, 5.41) is 10.6. The highest BCUT2D eigenvalue weighted by Gasteiger charge is 2.30. The van der Waals surface area contributed by atoms with Gasteiger partial charge in [0.15, 0.2) is 12.2 Å². The van der Waals surface area contributed by atoms with Gasteiger partial charge in [-0.2, -0.15) is 0 Å². The van der Waals surface area contributed by atoms with Crippen LogP contribution in [0.4, 0.5) is 0 Å². The van der Waals surface area contributed by atoms with Crippen molar-refractivity contribution in [2.45, 2.75) is 452 Å². The van der Waals surface area contributed by atoms with Crippen LogP contribution in [0.15, 0.2) is 0 Å². The van der Waals surface area contributed by atoms with Crippen molar-refractivity contribution in [2.75, 3.05) is 39.6 Å². The molecule has 0 aliphatic rings. The Morgan fingerprint density at radius 1 is 0.267 bits per heavy atom. The molecule has 5 atom stereocenters. The van der Waals surface area contributed by atoms with Gasteiger partial charge in [0, 0.05) is 25.7 Å². The van der Waals surface area contributed by atoms with E-state index in [1.807, 2.05) is 0 Å². The van der Waals surface area contributed by atoms with Crippen LogP contribution in [0.2, 0.25) is 0 Å². The molecular formula is C82H160O17P2. The molecule has 0 heterocycles. The number of phosphoric acid groups is 2. The molecule has 0 aliphatic carbocycles. The smallest absolute Gasteiger partial charge is 0.462 e. The summed E-state index contributed by atoms with van der Waals surface area (Å²) in [4.78, 5) is 73.0. The molecule has 0 saturated carbocycles. The zero-order chi connectivity index (χ0) is 74.2. The first-order valence-electron chi connectivity index (χ1n) is 42.5. The van der Waals surface area contributed by atoms with E-state index in [1.165, 1.54) is 250 Å². The summed E-state index contributed by atoms with van der Waals surface area (Å²) >= 11 is 0. The zero-order valence-electron chi connectivity index (χ0n) is 66.2. The topological polar surface area (TPSA) is 237 Å². The highest BCUT2D eigenvalue weighted by Crippen LogP contribution is 2.45. The van der Waals surface area contributed by atoms with Crippen LogP contribution in [-0.2, 0) is 65.4 Å². The number of phosphoric ester groups is 2. The quantitative estimate of drug-likeness (QED) is 0.0222. The zero-order valence-corrected chi connectivity index (χ0v) is 68.0. The Hall–Kier alpha value is -1.94. The minimum Gasteiger partial charge on any atom is -0.462 e. The van der Waals surface area contributed by atoms with Gasteiger partial charge in [-0.25, -0.2) is 9.13 Å². The van der Waals surface area contributed by atoms with Gasteiger partial charge in [-0.15, -0.1) is 0 Å². The molecule has 0 radical (unpaired) electrons. The van der Waals surface area contributed by atoms with Crippen LogP contribution in [-0.4, -0.2) is 96.7 Å². The number of hydrogen-bond acceptors (Lipinski definition) is 15. The molecule has 0 aromatic rings. The normalized spacial score (nSPS) is 13.9. The fraction of sp³-hybridized carbons (Fsp3) is 0.951. The lowest BCUT2D eigenvalue weighted by Crippen LogP contribution is -2.30. The van der Waals surface area contributed by atoms with Gasteiger partial charge in [0.2, 0.25) is 0 Å². The fourth-order valence-electron chi connectivity index (χ4n) is 12.7. The van der Waals surface area contributed by atoms with Crippen LogP contribution >= 0.6 is 15.6 Å². The molecule has 0 aromatic carbocycles. The van der Waals surface area contributed by atoms with Crippen molar-refractivity contribution < 1.29 is 80.2 Å². The molecule has 2 unspecified atom stereocenters. The number of unbranched alkanes of at least 4 members (excludes halogenated alkanes) is 51. The molecule has 0 spiro atoms. The molecule has 17 nitrogen and oxygen atoms in total. The third-order valence-electron chi connectivity index (χ3n) is 19.2. The van der Waals surface area contributed by atoms with Crippen molar-refractivity contribution in [3.05, 3.63) is 0 Å². The maximum atomic E-state index is 13.1. The lowest BCUT2D eigenvalue weighted by atomic mass is 10.0. The second-order valence-corrected chi connectivity index (χ2v) is 33.4. The Morgan fingerprint density at radius 3 is 0.673 bits per heavy atom. The first-order chi connectivity index (χ1) is 48.9. The van der Waals surface area contributed by atoms with Crippen LogP contribution in [0, 0.1) is 11.8 Å². The third-order valence-corrected chi connectivity index (χ3v) is 21.1. The van der Waals surface area contributed by atoms with Crippen LogP contribution in [0.5, 0.6) is 0 Å². The lowest BCUT2D eigenvalue weighted by molar-refractivity contribution is -0.161. The van der Waals surface area contributed by atoms with Gasteiger partial charge in [-0.05, 0) is 37.5 Å². The Kier molecular flexibility index (Phi) is 72.2. The Labute approximate surface area is 619 Å². The molecular weight excluding hydrogens is 1320 g/mol. The van der Waals surface area contributed by atoms with Crippen molar-refractivity contribution in [2.24, 2.45) is 11.8 Å². The van der Waals surface area contributed by atoms with E-state index in [2.05, 4.69) is 41.5 Å². The SMILES string of the molecule is CCCCCCCCCCCCCCCCCCCCCCC(=O)O[C@H](COC(=O)CCCCCCCCCCCCCCCCCC(C)C)COP(=O)(O)OC[C@@H](O)COP(=O)(O)OC[C@@H](COC(=O)CCCCCCCCCCC)OC(=O)CCCCCCCCCCCCCC(C)C. The number of carbonyl (C=O) groups excluding carboxylic acids is 4. The van der Waals surface area contributed by atoms with Crippen LogP contribution < -0.4 is 0 Å². The van der Waals surface area contributed by atoms with Gasteiger partial charge >= 0.3 is 39.5 Å². The standard InChI is InChI=1S/C82H160O17P2/c1-7-9-11-13-15-17-18-19-20-21-22-23-24-27-31-36-42-48-54-60-66-81(86)99-78(71-93-80(85)65-59-53-47-41-35-30-28-25-26-29-33-39-44-50-56-62-74(3)4)73-97-101(90,91)95-69-76(83)68-94-100(88,89)96-72-77(70-92-79(84)64-58-52-46-38-16-14-12-10-8-2)98-82(87)67-61-55-49-43-37-32-34-40-45-51-57-63-75(5)6/h74-78,83H,7-73H2,1-6H3,(H,88,89)(H,90,91)/t76-,77+,78+/m0/s1. The molecule has 0 amide bonds. The van der Waals surface area contributed by atoms with Crippen molar-refractivity contribution in [1.82, 2.24) is 0 Å². The van der Waals surface area contributed by atoms with Crippen molar-refractivity contribution >= 4 is 39.5 Å². The van der Waals surface area contributed by atoms with E-state index in [0.717, 1.165) is 102 Å². The Morgan fingerprint density at radius 2 is 0.455 bits per heavy atom. The maximum Gasteiger partial charge on any atom is 0.472 e. The summed E-state index contributed by atoms with van der Waals surface area (Å²) in [5.41, 5.74) is 0. The summed E-state index contributed by atoms with van der Waals surface area (Å²) in [7, 11) is -9.92. The fourth-order valence-corrected chi connectivity index (χ4v) is 14.3. The molecule has 0 fully saturated rings. The second kappa shape index (κ2) is 73.6. The van der Waals surface area contributed by atoms with E-state index < -0.39 is 97.5 Å². The van der Waals surface area contributed by atoms with Gasteiger partial charge < -0.3 is 33.8 Å². The van der Waals surface area contributed by atoms with Gasteiger partial charge in [0.05, 0.1) is 26.4 Å². The molecule has 0 aliphatic heterocycles. The number of hydrogen-bond donors (Lipinski definition) is 3. The number of rotatable bonds is 81. The van der Waals surface area contributed by atoms with E-state index in [0.29, 0.717) is 25.7 Å². The molecule has 0 bridgehead atoms. The number of aliphatic hydroxyl groups excluding tert-OH is 1. The van der Waals surface area contributed by atoms with E-state index in [9.17, 15) is 43.2 Å². The Bertz CT molecular complexity index is 1940. The van der Waals surface area contributed by atoms with Gasteiger partial charge in [-0.3, -0.25) is 37.3 Å². The van der Waals surface area contributed by atoms with E-state index in [1.54, 1.807) is 0 Å². The van der Waals surface area contributed by atoms with Gasteiger partial charge in [0.1, 0.15) is 19.3 Å². The molecule has 0 saturated heterocycles. The summed E-state index contributed by atoms with van der Waals surface area (Å²) in [5.74, 6) is -0.537. The third kappa shape index (κ3) is 76.1. The van der Waals surface area contributed by atoms with Crippen molar-refractivity contribution in [3.63, 3.8) is 0 Å². The Balaban J connectivity index is 5.21. The number of esters is 4. The first kappa shape index (κ1) is 99.1. The first-order valence-corrected chi connectivity index (χ1v) is 45.5. The number of carbonyl (C=O) groups is 4. The molecule has 600 valence electrons. The second-order valence-electron chi connectivity index (χ2n) is 30.5. The predicted molar refractivity (Wildman–Crippen MR) is 414 cm³/mol. The monoisotopic (exact) mass is 1480 g/mol. The molecule has 0 rings (SSSR count). The largest absolute Gasteiger partial charge is 0.472 e. The van der Waals surface area contributed by atoms with Crippen LogP contribution in [0.25, 0.3) is 0 Å². The molecule has 3 N–H and O–H groups in total. The summed E-state index contributed by atoms with van der Waals surface area (Å²) < 4.78 is 68.7. The van der Waals surface area contributed by atoms with Gasteiger partial charge in [0.25, 0.3) is 0 Å². The van der Waals surface area contributed by atoms with E-state index >= 15 is 0 Å². The highest BCUT2D eigenvalue weighted by atomic mass is 31.2. The van der Waals surface area contributed by atoms with Crippen LogP contribution in [0.1, 0.15) is 433 Å². The summed E-state index contributed by atoms with van der Waals surface area (Å²) in [6, 6.07) is 0. The minimum absolute atomic E-state index is 0.107. The summed E-state index contributed by atoms with van der Waals surface area (Å²) in [6.07, 6.45) is 63.9. The predicted octanol–water partition coefficient (Wildman–Crippen LogP) is 24.7. The van der Waals surface area contributed by atoms with Crippen molar-refractivity contribution in [1.29, 1.82) is 0 Å². The van der Waals surface area contributed by atoms with Gasteiger partial charge in [-0.1, -0.05) is 382 Å². The highest BCUT2D eigenvalue weighted by molar-refractivity contribution is 7.47. The maximum absolute atomic E-state index is 13.1. The molecule has 19 heteroatoms. The number of ether oxygens (including phenoxy) is 4. The van der Waals surface area contributed by atoms with E-state index in [4.69, 9.17) is 37.0 Å². The van der Waals surface area contributed by atoms with Crippen LogP contribution in [0.3, 0.4) is 0 Å². The lowest BCUT2D eigenvalue weighted by Gasteiger charge is -2.21. The van der Waals surface area contributed by atoms with Crippen molar-refractivity contribution in [3.8, 4) is 0 Å². The minimum atomic E-state index is -4.96. The average Bonchev–Trinajstić information content (AvgIpc) is 1.64. The molecule has 0 aromatic heterocycles. The summed E-state index contributed by atoms with van der Waals surface area (Å²) in [6.45, 7) is 9.65. The molecule has 101 heavy (non-hydrogen) atoms. The van der Waals surface area contributed by atoms with E-state index in [-0.39, 0.29) is 25.7 Å².